The summed E-state index contributed by atoms with van der Waals surface area (Å²) in [5.41, 5.74) is 0. The summed E-state index contributed by atoms with van der Waals surface area (Å²) in [5, 5.41) is 0. The fourth-order valence-electron chi connectivity index (χ4n) is 1.33. The molecule has 0 spiro atoms. The minimum absolute atomic E-state index is 0.300. The first kappa shape index (κ1) is 8.59. The van der Waals surface area contributed by atoms with Crippen LogP contribution in [0.1, 0.15) is 32.1 Å². The molecule has 0 aromatic carbocycles. The molecule has 0 amide bonds. The number of hydrogen-bond acceptors (Lipinski definition) is 0. The Morgan fingerprint density at radius 2 is 2.09 bits per heavy atom. The quantitative estimate of drug-likeness (QED) is 0.508. The molecular weight excluding hydrogens is 139 g/mol. The third-order valence-corrected chi connectivity index (χ3v) is 1.96. The molecular formula is C10H14F. The first-order valence-electron chi connectivity index (χ1n) is 4.29. The summed E-state index contributed by atoms with van der Waals surface area (Å²) in [6.45, 7) is -0.300. The average molecular weight is 153 g/mol. The standard InChI is InChI=1S/C10H14F/c11-9-5-4-8-10-6-2-1-3-7-10/h1,10H,2-3,5-7,9H2. The van der Waals surface area contributed by atoms with Crippen molar-refractivity contribution in [2.45, 2.75) is 32.1 Å². The summed E-state index contributed by atoms with van der Waals surface area (Å²) >= 11 is 0. The van der Waals surface area contributed by atoms with Crippen molar-refractivity contribution in [3.8, 4) is 11.8 Å². The van der Waals surface area contributed by atoms with Crippen LogP contribution in [0.5, 0.6) is 0 Å². The zero-order valence-corrected chi connectivity index (χ0v) is 6.78. The van der Waals surface area contributed by atoms with Crippen LogP contribution in [0, 0.1) is 24.2 Å². The van der Waals surface area contributed by atoms with E-state index in [2.05, 4.69) is 18.3 Å². The van der Waals surface area contributed by atoms with Gasteiger partial charge >= 0.3 is 0 Å². The zero-order valence-electron chi connectivity index (χ0n) is 6.78. The molecule has 0 saturated heterocycles. The fraction of sp³-hybridized carbons (Fsp3) is 0.700. The van der Waals surface area contributed by atoms with Gasteiger partial charge in [-0.2, -0.15) is 0 Å². The molecule has 0 nitrogen and oxygen atoms in total. The molecule has 0 N–H and O–H groups in total. The number of hydrogen-bond donors (Lipinski definition) is 0. The number of alkyl halides is 1. The Kier molecular flexibility index (Phi) is 4.04. The highest BCUT2D eigenvalue weighted by Crippen LogP contribution is 2.21. The Morgan fingerprint density at radius 1 is 1.36 bits per heavy atom. The second-order valence-corrected chi connectivity index (χ2v) is 2.90. The maximum atomic E-state index is 11.6. The lowest BCUT2D eigenvalue weighted by Gasteiger charge is -2.15. The van der Waals surface area contributed by atoms with Crippen LogP contribution in [0.15, 0.2) is 0 Å². The third-order valence-electron chi connectivity index (χ3n) is 1.96. The molecule has 1 aliphatic carbocycles. The molecule has 1 aliphatic rings. The van der Waals surface area contributed by atoms with E-state index in [1.807, 2.05) is 0 Å². The SMILES string of the molecule is FCCC#CC1CC[CH]CC1. The molecule has 0 bridgehead atoms. The van der Waals surface area contributed by atoms with Gasteiger partial charge in [-0.25, -0.2) is 0 Å². The van der Waals surface area contributed by atoms with Gasteiger partial charge in [-0.15, -0.1) is 5.92 Å². The third kappa shape index (κ3) is 3.41. The van der Waals surface area contributed by atoms with Crippen LogP contribution < -0.4 is 0 Å². The van der Waals surface area contributed by atoms with Crippen LogP contribution in [-0.4, -0.2) is 6.67 Å². The molecule has 0 aromatic heterocycles. The largest absolute Gasteiger partial charge is 0.250 e. The summed E-state index contributed by atoms with van der Waals surface area (Å²) in [6, 6.07) is 0. The summed E-state index contributed by atoms with van der Waals surface area (Å²) in [7, 11) is 0. The maximum Gasteiger partial charge on any atom is 0.100 e. The Morgan fingerprint density at radius 3 is 2.73 bits per heavy atom. The van der Waals surface area contributed by atoms with Gasteiger partial charge in [-0.1, -0.05) is 5.92 Å². The average Bonchev–Trinajstić information content (AvgIpc) is 2.07. The molecule has 0 aliphatic heterocycles. The normalized spacial score (nSPS) is 19.0. The van der Waals surface area contributed by atoms with E-state index < -0.39 is 0 Å². The monoisotopic (exact) mass is 153 g/mol. The lowest BCUT2D eigenvalue weighted by Crippen LogP contribution is -2.03. The van der Waals surface area contributed by atoms with Crippen LogP contribution in [-0.2, 0) is 0 Å². The van der Waals surface area contributed by atoms with Crippen molar-refractivity contribution in [2.24, 2.45) is 5.92 Å². The van der Waals surface area contributed by atoms with Crippen molar-refractivity contribution in [1.82, 2.24) is 0 Å². The van der Waals surface area contributed by atoms with Crippen LogP contribution in [0.3, 0.4) is 0 Å². The van der Waals surface area contributed by atoms with Gasteiger partial charge in [0, 0.05) is 12.3 Å². The summed E-state index contributed by atoms with van der Waals surface area (Å²) in [6.07, 6.45) is 7.47. The lowest BCUT2D eigenvalue weighted by atomic mass is 9.90. The highest BCUT2D eigenvalue weighted by molar-refractivity contribution is 5.05. The van der Waals surface area contributed by atoms with Crippen molar-refractivity contribution in [2.75, 3.05) is 6.67 Å². The Labute approximate surface area is 68.2 Å². The van der Waals surface area contributed by atoms with Gasteiger partial charge in [0.2, 0.25) is 0 Å². The van der Waals surface area contributed by atoms with E-state index in [-0.39, 0.29) is 6.67 Å². The zero-order chi connectivity index (χ0) is 7.94. The van der Waals surface area contributed by atoms with E-state index >= 15 is 0 Å². The highest BCUT2D eigenvalue weighted by Gasteiger charge is 2.09. The minimum Gasteiger partial charge on any atom is -0.250 e. The van der Waals surface area contributed by atoms with Gasteiger partial charge in [0.25, 0.3) is 0 Å². The second-order valence-electron chi connectivity index (χ2n) is 2.90. The van der Waals surface area contributed by atoms with Crippen LogP contribution in [0.25, 0.3) is 0 Å². The van der Waals surface area contributed by atoms with Gasteiger partial charge in [0.15, 0.2) is 0 Å². The first-order valence-corrected chi connectivity index (χ1v) is 4.29. The van der Waals surface area contributed by atoms with Crippen molar-refractivity contribution < 1.29 is 4.39 Å². The van der Waals surface area contributed by atoms with E-state index in [0.29, 0.717) is 12.3 Å². The van der Waals surface area contributed by atoms with Crippen LogP contribution >= 0.6 is 0 Å². The molecule has 0 unspecified atom stereocenters. The predicted molar refractivity (Wildman–Crippen MR) is 44.6 cm³/mol. The molecule has 0 heterocycles. The van der Waals surface area contributed by atoms with E-state index in [1.54, 1.807) is 0 Å². The maximum absolute atomic E-state index is 11.6. The second kappa shape index (κ2) is 5.18. The molecule has 0 atom stereocenters. The van der Waals surface area contributed by atoms with Crippen molar-refractivity contribution >= 4 is 0 Å². The minimum atomic E-state index is -0.300. The molecule has 1 heteroatoms. The number of rotatable bonds is 1. The van der Waals surface area contributed by atoms with Gasteiger partial charge in [-0.05, 0) is 32.1 Å². The van der Waals surface area contributed by atoms with E-state index in [0.717, 1.165) is 0 Å². The molecule has 1 rings (SSSR count). The smallest absolute Gasteiger partial charge is 0.100 e. The van der Waals surface area contributed by atoms with Gasteiger partial charge in [0.1, 0.15) is 6.67 Å². The predicted octanol–water partition coefficient (Wildman–Crippen LogP) is 2.74. The van der Waals surface area contributed by atoms with Gasteiger partial charge < -0.3 is 0 Å². The molecule has 61 valence electrons. The van der Waals surface area contributed by atoms with Crippen molar-refractivity contribution in [1.29, 1.82) is 0 Å². The Balaban J connectivity index is 2.19. The van der Waals surface area contributed by atoms with E-state index in [9.17, 15) is 4.39 Å². The van der Waals surface area contributed by atoms with Crippen molar-refractivity contribution in [3.63, 3.8) is 0 Å². The summed E-state index contributed by atoms with van der Waals surface area (Å²) < 4.78 is 11.6. The Bertz CT molecular complexity index is 146. The number of halogens is 1. The van der Waals surface area contributed by atoms with Crippen molar-refractivity contribution in [3.05, 3.63) is 6.42 Å². The van der Waals surface area contributed by atoms with E-state index in [4.69, 9.17) is 0 Å². The molecule has 11 heavy (non-hydrogen) atoms. The highest BCUT2D eigenvalue weighted by atomic mass is 19.1. The van der Waals surface area contributed by atoms with Crippen LogP contribution in [0.4, 0.5) is 4.39 Å². The first-order chi connectivity index (χ1) is 5.43. The molecule has 1 fully saturated rings. The molecule has 0 aromatic rings. The lowest BCUT2D eigenvalue weighted by molar-refractivity contribution is 0.492. The van der Waals surface area contributed by atoms with Gasteiger partial charge in [-0.3, -0.25) is 4.39 Å². The topological polar surface area (TPSA) is 0 Å². The van der Waals surface area contributed by atoms with Crippen LogP contribution in [0.2, 0.25) is 0 Å². The summed E-state index contributed by atoms with van der Waals surface area (Å²) in [5.74, 6) is 6.53. The molecule has 1 radical (unpaired) electrons. The van der Waals surface area contributed by atoms with E-state index in [1.165, 1.54) is 25.7 Å². The van der Waals surface area contributed by atoms with Gasteiger partial charge in [0.05, 0.1) is 0 Å². The fourth-order valence-corrected chi connectivity index (χ4v) is 1.33. The Hall–Kier alpha value is -0.510. The summed E-state index contributed by atoms with van der Waals surface area (Å²) in [4.78, 5) is 0. The molecule has 1 saturated carbocycles.